The maximum Gasteiger partial charge on any atom is 0.461 e. The molecule has 1 aromatic rings. The molecule has 3 nitrogen and oxygen atoms in total. The average Bonchev–Trinajstić information content (AvgIpc) is 3.10. The lowest BCUT2D eigenvalue weighted by atomic mass is 9.84. The molecule has 0 spiro atoms. The molecule has 0 aromatic heterocycles. The summed E-state index contributed by atoms with van der Waals surface area (Å²) in [4.78, 5) is 0. The molecular formula is C23H33BO3. The highest BCUT2D eigenvalue weighted by atomic mass is 16.7. The van der Waals surface area contributed by atoms with Gasteiger partial charge in [0.15, 0.2) is 0 Å². The minimum absolute atomic E-state index is 0.174. The fraction of sp³-hybridized carbons (Fsp3) is 0.565. The summed E-state index contributed by atoms with van der Waals surface area (Å²) >= 11 is 0. The molecule has 146 valence electrons. The summed E-state index contributed by atoms with van der Waals surface area (Å²) in [7, 11) is -0.174. The zero-order chi connectivity index (χ0) is 19.5. The maximum atomic E-state index is 6.31. The van der Waals surface area contributed by atoms with Gasteiger partial charge < -0.3 is 14.0 Å². The molecule has 4 heteroatoms. The number of hydrogen-bond acceptors (Lipinski definition) is 3. The molecule has 0 bridgehead atoms. The van der Waals surface area contributed by atoms with Crippen molar-refractivity contribution in [2.75, 3.05) is 0 Å². The molecule has 27 heavy (non-hydrogen) atoms. The highest BCUT2D eigenvalue weighted by Crippen LogP contribution is 2.39. The molecule has 0 unspecified atom stereocenters. The highest BCUT2D eigenvalue weighted by molar-refractivity contribution is 6.46. The van der Waals surface area contributed by atoms with Gasteiger partial charge in [-0.05, 0) is 46.1 Å². The molecule has 1 aliphatic carbocycles. The SMILES string of the molecule is C=C[C@H]1CC[C@@H](/C=C\CB2OC(C)(C)C(C)(C)O2)[C@H]1OCc1ccccc1. The number of hydrogen-bond donors (Lipinski definition) is 0. The summed E-state index contributed by atoms with van der Waals surface area (Å²) in [6.45, 7) is 13.0. The van der Waals surface area contributed by atoms with E-state index in [-0.39, 0.29) is 24.4 Å². The van der Waals surface area contributed by atoms with Crippen LogP contribution in [0.5, 0.6) is 0 Å². The molecule has 1 aliphatic heterocycles. The van der Waals surface area contributed by atoms with Crippen LogP contribution in [-0.2, 0) is 20.7 Å². The molecule has 2 fully saturated rings. The number of rotatable bonds is 7. The van der Waals surface area contributed by atoms with Gasteiger partial charge in [0.25, 0.3) is 0 Å². The minimum Gasteiger partial charge on any atom is -0.403 e. The van der Waals surface area contributed by atoms with Gasteiger partial charge in [0.2, 0.25) is 0 Å². The Morgan fingerprint density at radius 3 is 2.33 bits per heavy atom. The van der Waals surface area contributed by atoms with E-state index in [4.69, 9.17) is 14.0 Å². The minimum atomic E-state index is -0.270. The van der Waals surface area contributed by atoms with Crippen LogP contribution in [0.4, 0.5) is 0 Å². The molecule has 1 heterocycles. The van der Waals surface area contributed by atoms with Crippen LogP contribution in [0.15, 0.2) is 55.1 Å². The van der Waals surface area contributed by atoms with Gasteiger partial charge in [-0.1, -0.05) is 48.6 Å². The first-order valence-corrected chi connectivity index (χ1v) is 10.1. The van der Waals surface area contributed by atoms with Gasteiger partial charge in [-0.25, -0.2) is 0 Å². The summed E-state index contributed by atoms with van der Waals surface area (Å²) in [5.41, 5.74) is 0.676. The van der Waals surface area contributed by atoms with Crippen LogP contribution in [0.2, 0.25) is 6.32 Å². The molecular weight excluding hydrogens is 335 g/mol. The van der Waals surface area contributed by atoms with E-state index in [0.29, 0.717) is 18.4 Å². The molecule has 3 rings (SSSR count). The maximum absolute atomic E-state index is 6.31. The molecule has 1 aromatic carbocycles. The lowest BCUT2D eigenvalue weighted by Gasteiger charge is -2.32. The van der Waals surface area contributed by atoms with Gasteiger partial charge in [-0.15, -0.1) is 6.58 Å². The topological polar surface area (TPSA) is 27.7 Å². The molecule has 2 aliphatic rings. The number of ether oxygens (including phenoxy) is 1. The zero-order valence-corrected chi connectivity index (χ0v) is 17.2. The predicted molar refractivity (Wildman–Crippen MR) is 111 cm³/mol. The van der Waals surface area contributed by atoms with E-state index in [2.05, 4.69) is 76.8 Å². The van der Waals surface area contributed by atoms with Crippen LogP contribution in [0, 0.1) is 11.8 Å². The van der Waals surface area contributed by atoms with Crippen molar-refractivity contribution in [3.63, 3.8) is 0 Å². The Labute approximate surface area is 164 Å². The van der Waals surface area contributed by atoms with E-state index < -0.39 is 0 Å². The van der Waals surface area contributed by atoms with Crippen molar-refractivity contribution in [2.45, 2.75) is 70.8 Å². The lowest BCUT2D eigenvalue weighted by Crippen LogP contribution is -2.41. The van der Waals surface area contributed by atoms with Crippen molar-refractivity contribution in [3.05, 3.63) is 60.7 Å². The van der Waals surface area contributed by atoms with E-state index in [1.54, 1.807) is 0 Å². The molecule has 0 radical (unpaired) electrons. The number of benzene rings is 1. The normalized spacial score (nSPS) is 29.5. The van der Waals surface area contributed by atoms with Crippen molar-refractivity contribution in [1.29, 1.82) is 0 Å². The summed E-state index contributed by atoms with van der Waals surface area (Å²) in [6.07, 6.45) is 9.79. The van der Waals surface area contributed by atoms with E-state index in [1.165, 1.54) is 5.56 Å². The zero-order valence-electron chi connectivity index (χ0n) is 17.2. The van der Waals surface area contributed by atoms with Gasteiger partial charge in [-0.2, -0.15) is 0 Å². The summed E-state index contributed by atoms with van der Waals surface area (Å²) in [5, 5.41) is 0. The highest BCUT2D eigenvalue weighted by Gasteiger charge is 2.50. The second-order valence-corrected chi connectivity index (χ2v) is 8.75. The summed E-state index contributed by atoms with van der Waals surface area (Å²) < 4.78 is 18.5. The molecule has 1 saturated heterocycles. The fourth-order valence-electron chi connectivity index (χ4n) is 3.93. The van der Waals surface area contributed by atoms with Crippen molar-refractivity contribution < 1.29 is 14.0 Å². The van der Waals surface area contributed by atoms with Crippen molar-refractivity contribution in [2.24, 2.45) is 11.8 Å². The third kappa shape index (κ3) is 4.74. The fourth-order valence-corrected chi connectivity index (χ4v) is 3.93. The van der Waals surface area contributed by atoms with E-state index in [0.717, 1.165) is 19.2 Å². The Morgan fingerprint density at radius 2 is 1.70 bits per heavy atom. The van der Waals surface area contributed by atoms with Crippen LogP contribution < -0.4 is 0 Å². The number of allylic oxidation sites excluding steroid dienone is 1. The van der Waals surface area contributed by atoms with Gasteiger partial charge in [0.05, 0.1) is 23.9 Å². The van der Waals surface area contributed by atoms with E-state index in [9.17, 15) is 0 Å². The Balaban J connectivity index is 1.56. The Morgan fingerprint density at radius 1 is 1.07 bits per heavy atom. The van der Waals surface area contributed by atoms with Gasteiger partial charge in [0.1, 0.15) is 0 Å². The van der Waals surface area contributed by atoms with Crippen molar-refractivity contribution >= 4 is 7.12 Å². The summed E-state index contributed by atoms with van der Waals surface area (Å²) in [5.74, 6) is 0.833. The van der Waals surface area contributed by atoms with Crippen LogP contribution in [0.25, 0.3) is 0 Å². The van der Waals surface area contributed by atoms with Crippen LogP contribution in [0.1, 0.15) is 46.1 Å². The predicted octanol–water partition coefficient (Wildman–Crippen LogP) is 5.43. The Hall–Kier alpha value is -1.36. The van der Waals surface area contributed by atoms with Gasteiger partial charge in [-0.3, -0.25) is 0 Å². The average molecular weight is 368 g/mol. The van der Waals surface area contributed by atoms with Crippen molar-refractivity contribution in [1.82, 2.24) is 0 Å². The van der Waals surface area contributed by atoms with Crippen molar-refractivity contribution in [3.8, 4) is 0 Å². The standard InChI is InChI=1S/C23H33BO3/c1-6-19-14-15-20(21(19)25-17-18-11-8-7-9-12-18)13-10-16-24-26-22(2,3)23(4,5)27-24/h6-13,19-21H,1,14-17H2,2-5H3/b13-10-/t19-,20+,21-/m0/s1. The third-order valence-corrected chi connectivity index (χ3v) is 6.28. The van der Waals surface area contributed by atoms with Crippen LogP contribution >= 0.6 is 0 Å². The van der Waals surface area contributed by atoms with Crippen LogP contribution in [0.3, 0.4) is 0 Å². The second kappa shape index (κ2) is 8.34. The molecule has 1 saturated carbocycles. The second-order valence-electron chi connectivity index (χ2n) is 8.75. The Bertz CT molecular complexity index is 637. The van der Waals surface area contributed by atoms with Gasteiger partial charge >= 0.3 is 7.12 Å². The molecule has 3 atom stereocenters. The monoisotopic (exact) mass is 368 g/mol. The first kappa shape index (κ1) is 20.4. The third-order valence-electron chi connectivity index (χ3n) is 6.28. The summed E-state index contributed by atoms with van der Waals surface area (Å²) in [6, 6.07) is 10.4. The first-order chi connectivity index (χ1) is 12.8. The lowest BCUT2D eigenvalue weighted by molar-refractivity contribution is 0.00578. The first-order valence-electron chi connectivity index (χ1n) is 10.1. The quantitative estimate of drug-likeness (QED) is 0.474. The van der Waals surface area contributed by atoms with E-state index in [1.807, 2.05) is 6.07 Å². The van der Waals surface area contributed by atoms with Crippen LogP contribution in [-0.4, -0.2) is 24.4 Å². The smallest absolute Gasteiger partial charge is 0.403 e. The molecule has 0 amide bonds. The van der Waals surface area contributed by atoms with Gasteiger partial charge in [0, 0.05) is 18.2 Å². The largest absolute Gasteiger partial charge is 0.461 e. The van der Waals surface area contributed by atoms with E-state index >= 15 is 0 Å². The molecule has 0 N–H and O–H groups in total. The Kier molecular flexibility index (Phi) is 6.30.